The topological polar surface area (TPSA) is 21.3 Å². The number of benzene rings is 1. The molecule has 0 saturated heterocycles. The second-order valence-corrected chi connectivity index (χ2v) is 7.10. The number of likely N-dealkylation sites (N-methyl/N-ethyl adjacent to an activating group) is 1. The van der Waals surface area contributed by atoms with Crippen LogP contribution in [0.25, 0.3) is 0 Å². The molecule has 0 radical (unpaired) electrons. The molecule has 21 heavy (non-hydrogen) atoms. The van der Waals surface area contributed by atoms with Crippen LogP contribution >= 0.6 is 15.9 Å². The Morgan fingerprint density at radius 2 is 2.00 bits per heavy atom. The highest BCUT2D eigenvalue weighted by atomic mass is 79.9. The fourth-order valence-electron chi connectivity index (χ4n) is 3.57. The first kappa shape index (κ1) is 16.8. The summed E-state index contributed by atoms with van der Waals surface area (Å²) < 4.78 is 6.54. The summed E-state index contributed by atoms with van der Waals surface area (Å²) in [6.45, 7) is 2.33. The number of nitrogens with one attached hydrogen (secondary N) is 1. The van der Waals surface area contributed by atoms with E-state index >= 15 is 0 Å². The molecule has 0 bridgehead atoms. The molecular weight excluding hydrogens is 326 g/mol. The molecule has 1 N–H and O–H groups in total. The van der Waals surface area contributed by atoms with Gasteiger partial charge < -0.3 is 10.1 Å². The smallest absolute Gasteiger partial charge is 0.119 e. The fraction of sp³-hybridized carbons (Fsp3) is 0.667. The van der Waals surface area contributed by atoms with Crippen LogP contribution in [0.5, 0.6) is 5.75 Å². The van der Waals surface area contributed by atoms with Crippen LogP contribution in [0.3, 0.4) is 0 Å². The molecule has 1 aromatic carbocycles. The Morgan fingerprint density at radius 1 is 1.29 bits per heavy atom. The van der Waals surface area contributed by atoms with Crippen LogP contribution in [0, 0.1) is 11.8 Å². The summed E-state index contributed by atoms with van der Waals surface area (Å²) in [5.74, 6) is 2.70. The van der Waals surface area contributed by atoms with Gasteiger partial charge in [0.2, 0.25) is 0 Å². The third kappa shape index (κ3) is 4.46. The van der Waals surface area contributed by atoms with Gasteiger partial charge in [0, 0.05) is 10.5 Å². The minimum Gasteiger partial charge on any atom is -0.497 e. The molecule has 0 heterocycles. The molecule has 0 spiro atoms. The monoisotopic (exact) mass is 353 g/mol. The van der Waals surface area contributed by atoms with Gasteiger partial charge in [0.25, 0.3) is 0 Å². The van der Waals surface area contributed by atoms with Crippen LogP contribution in [0.1, 0.15) is 44.6 Å². The molecule has 1 unspecified atom stereocenters. The summed E-state index contributed by atoms with van der Waals surface area (Å²) in [4.78, 5) is 0. The predicted octanol–water partition coefficient (Wildman–Crippen LogP) is 4.80. The second-order valence-electron chi connectivity index (χ2n) is 6.25. The Labute approximate surface area is 137 Å². The number of hydrogen-bond acceptors (Lipinski definition) is 2. The maximum absolute atomic E-state index is 5.36. The van der Waals surface area contributed by atoms with Gasteiger partial charge >= 0.3 is 0 Å². The van der Waals surface area contributed by atoms with Gasteiger partial charge in [0.05, 0.1) is 7.11 Å². The van der Waals surface area contributed by atoms with Gasteiger partial charge in [-0.2, -0.15) is 0 Å². The maximum Gasteiger partial charge on any atom is 0.119 e. The third-order valence-corrected chi connectivity index (χ3v) is 5.87. The van der Waals surface area contributed by atoms with E-state index in [1.54, 1.807) is 7.11 Å². The van der Waals surface area contributed by atoms with Crippen molar-refractivity contribution in [3.63, 3.8) is 0 Å². The second kappa shape index (κ2) is 8.19. The largest absolute Gasteiger partial charge is 0.497 e. The highest BCUT2D eigenvalue weighted by Crippen LogP contribution is 2.34. The first-order valence-corrected chi connectivity index (χ1v) is 8.96. The van der Waals surface area contributed by atoms with E-state index in [-0.39, 0.29) is 0 Å². The van der Waals surface area contributed by atoms with Gasteiger partial charge in [-0.05, 0) is 61.9 Å². The first-order chi connectivity index (χ1) is 10.2. The van der Waals surface area contributed by atoms with Crippen LogP contribution in [0.4, 0.5) is 0 Å². The molecule has 1 aliphatic carbocycles. The van der Waals surface area contributed by atoms with Gasteiger partial charge in [0.1, 0.15) is 5.75 Å². The predicted molar refractivity (Wildman–Crippen MR) is 93.0 cm³/mol. The number of methoxy groups -OCH3 is 1. The van der Waals surface area contributed by atoms with E-state index in [0.717, 1.165) is 24.0 Å². The standard InChI is InChI=1S/C18H28BrNO/c1-4-13-5-7-14(8-6-13)18(20-2)12-15-11-16(21-3)9-10-17(15)19/h9-11,13-14,18,20H,4-8,12H2,1-3H3. The molecule has 118 valence electrons. The maximum atomic E-state index is 5.36. The van der Waals surface area contributed by atoms with Gasteiger partial charge in [0.15, 0.2) is 0 Å². The molecule has 0 aliphatic heterocycles. The lowest BCUT2D eigenvalue weighted by Crippen LogP contribution is -2.37. The lowest BCUT2D eigenvalue weighted by Gasteiger charge is -2.33. The summed E-state index contributed by atoms with van der Waals surface area (Å²) in [6.07, 6.45) is 7.95. The van der Waals surface area contributed by atoms with Crippen LogP contribution in [-0.4, -0.2) is 20.2 Å². The van der Waals surface area contributed by atoms with Gasteiger partial charge in [-0.15, -0.1) is 0 Å². The SMILES string of the molecule is CCC1CCC(C(Cc2cc(OC)ccc2Br)NC)CC1. The van der Waals surface area contributed by atoms with E-state index in [0.29, 0.717) is 6.04 Å². The van der Waals surface area contributed by atoms with Crippen molar-refractivity contribution >= 4 is 15.9 Å². The van der Waals surface area contributed by atoms with Crippen LogP contribution in [0.2, 0.25) is 0 Å². The molecule has 1 fully saturated rings. The van der Waals surface area contributed by atoms with E-state index in [1.807, 2.05) is 6.07 Å². The van der Waals surface area contributed by atoms with Crippen LogP contribution < -0.4 is 10.1 Å². The number of halogens is 1. The van der Waals surface area contributed by atoms with Crippen molar-refractivity contribution in [1.29, 1.82) is 0 Å². The van der Waals surface area contributed by atoms with Crippen molar-refractivity contribution in [1.82, 2.24) is 5.32 Å². The van der Waals surface area contributed by atoms with Crippen molar-refractivity contribution in [3.8, 4) is 5.75 Å². The molecule has 1 aliphatic rings. The van der Waals surface area contributed by atoms with E-state index in [1.165, 1.54) is 42.1 Å². The summed E-state index contributed by atoms with van der Waals surface area (Å²) in [5.41, 5.74) is 1.34. The highest BCUT2D eigenvalue weighted by Gasteiger charge is 2.26. The quantitative estimate of drug-likeness (QED) is 0.792. The fourth-order valence-corrected chi connectivity index (χ4v) is 3.98. The minimum absolute atomic E-state index is 0.561. The molecule has 3 heteroatoms. The lowest BCUT2D eigenvalue weighted by molar-refractivity contribution is 0.222. The Balaban J connectivity index is 2.02. The van der Waals surface area contributed by atoms with Crippen molar-refractivity contribution < 1.29 is 4.74 Å². The van der Waals surface area contributed by atoms with E-state index in [4.69, 9.17) is 4.74 Å². The molecular formula is C18H28BrNO. The normalized spacial score (nSPS) is 23.8. The Hall–Kier alpha value is -0.540. The average Bonchev–Trinajstić information content (AvgIpc) is 2.54. The zero-order chi connectivity index (χ0) is 15.2. The summed E-state index contributed by atoms with van der Waals surface area (Å²) in [5, 5.41) is 3.56. The van der Waals surface area contributed by atoms with E-state index in [2.05, 4.69) is 47.4 Å². The lowest BCUT2D eigenvalue weighted by atomic mass is 9.76. The van der Waals surface area contributed by atoms with Gasteiger partial charge in [-0.3, -0.25) is 0 Å². The van der Waals surface area contributed by atoms with Crippen LogP contribution in [-0.2, 0) is 6.42 Å². The number of rotatable bonds is 6. The number of ether oxygens (including phenoxy) is 1. The number of hydrogen-bond donors (Lipinski definition) is 1. The molecule has 1 aromatic rings. The summed E-state index contributed by atoms with van der Waals surface area (Å²) in [7, 11) is 3.83. The Morgan fingerprint density at radius 3 is 2.57 bits per heavy atom. The molecule has 2 rings (SSSR count). The molecule has 0 amide bonds. The average molecular weight is 354 g/mol. The van der Waals surface area contributed by atoms with Crippen molar-refractivity contribution in [3.05, 3.63) is 28.2 Å². The van der Waals surface area contributed by atoms with Crippen LogP contribution in [0.15, 0.2) is 22.7 Å². The van der Waals surface area contributed by atoms with Crippen molar-refractivity contribution in [2.75, 3.05) is 14.2 Å². The summed E-state index contributed by atoms with van der Waals surface area (Å²) >= 11 is 3.68. The van der Waals surface area contributed by atoms with Crippen molar-refractivity contribution in [2.24, 2.45) is 11.8 Å². The zero-order valence-corrected chi connectivity index (χ0v) is 15.1. The zero-order valence-electron chi connectivity index (χ0n) is 13.5. The Kier molecular flexibility index (Phi) is 6.56. The molecule has 0 aromatic heterocycles. The molecule has 1 atom stereocenters. The van der Waals surface area contributed by atoms with E-state index < -0.39 is 0 Å². The molecule has 2 nitrogen and oxygen atoms in total. The molecule has 1 saturated carbocycles. The van der Waals surface area contributed by atoms with Gasteiger partial charge in [-0.25, -0.2) is 0 Å². The Bertz CT molecular complexity index is 441. The third-order valence-electron chi connectivity index (χ3n) is 5.10. The van der Waals surface area contributed by atoms with Crippen molar-refractivity contribution in [2.45, 2.75) is 51.5 Å². The summed E-state index contributed by atoms with van der Waals surface area (Å²) in [6, 6.07) is 6.82. The first-order valence-electron chi connectivity index (χ1n) is 8.17. The highest BCUT2D eigenvalue weighted by molar-refractivity contribution is 9.10. The van der Waals surface area contributed by atoms with E-state index in [9.17, 15) is 0 Å². The minimum atomic E-state index is 0.561. The van der Waals surface area contributed by atoms with Gasteiger partial charge in [-0.1, -0.05) is 42.1 Å².